The van der Waals surface area contributed by atoms with Crippen molar-refractivity contribution >= 4 is 29.2 Å². The minimum absolute atomic E-state index is 0.312. The lowest BCUT2D eigenvalue weighted by Crippen LogP contribution is -2.11. The molecule has 1 atom stereocenters. The fourth-order valence-corrected chi connectivity index (χ4v) is 1.58. The van der Waals surface area contributed by atoms with Gasteiger partial charge in [-0.3, -0.25) is 4.79 Å². The Morgan fingerprint density at radius 2 is 2.14 bits per heavy atom. The highest BCUT2D eigenvalue weighted by Gasteiger charge is 2.20. The Bertz CT molecular complexity index is 326. The standard InChI is InChI=1S/C10H10Cl2O2/c1-2-14-10(13)9(12)7-5-3-4-6-8(7)11/h3-6,9H,2H2,1H3/t9-/m0/s1. The predicted octanol–water partition coefficient (Wildman–Crippen LogP) is 3.18. The monoisotopic (exact) mass is 232 g/mol. The van der Waals surface area contributed by atoms with Crippen molar-refractivity contribution in [1.29, 1.82) is 0 Å². The van der Waals surface area contributed by atoms with E-state index in [4.69, 9.17) is 27.9 Å². The molecule has 14 heavy (non-hydrogen) atoms. The second kappa shape index (κ2) is 5.23. The summed E-state index contributed by atoms with van der Waals surface area (Å²) in [6.45, 7) is 2.04. The molecule has 1 rings (SSSR count). The number of halogens is 2. The number of alkyl halides is 1. The third kappa shape index (κ3) is 2.63. The van der Waals surface area contributed by atoms with Crippen molar-refractivity contribution in [3.8, 4) is 0 Å². The molecule has 0 fully saturated rings. The highest BCUT2D eigenvalue weighted by molar-refractivity contribution is 6.35. The number of ether oxygens (including phenoxy) is 1. The molecular weight excluding hydrogens is 223 g/mol. The largest absolute Gasteiger partial charge is 0.465 e. The highest BCUT2D eigenvalue weighted by Crippen LogP contribution is 2.28. The first kappa shape index (κ1) is 11.3. The maximum absolute atomic E-state index is 11.3. The maximum Gasteiger partial charge on any atom is 0.328 e. The van der Waals surface area contributed by atoms with Gasteiger partial charge in [-0.2, -0.15) is 0 Å². The summed E-state index contributed by atoms with van der Waals surface area (Å²) >= 11 is 11.8. The Labute approximate surface area is 92.8 Å². The molecule has 0 saturated carbocycles. The summed E-state index contributed by atoms with van der Waals surface area (Å²) in [6.07, 6.45) is 0. The molecule has 0 radical (unpaired) electrons. The van der Waals surface area contributed by atoms with Crippen LogP contribution in [0, 0.1) is 0 Å². The summed E-state index contributed by atoms with van der Waals surface area (Å²) in [4.78, 5) is 11.3. The minimum atomic E-state index is -0.830. The Balaban J connectivity index is 2.84. The zero-order valence-corrected chi connectivity index (χ0v) is 9.18. The average Bonchev–Trinajstić information content (AvgIpc) is 2.18. The van der Waals surface area contributed by atoms with Crippen LogP contribution in [0.15, 0.2) is 24.3 Å². The molecule has 0 saturated heterocycles. The number of carbonyl (C=O) groups is 1. The van der Waals surface area contributed by atoms with Crippen molar-refractivity contribution in [2.45, 2.75) is 12.3 Å². The molecule has 1 aromatic carbocycles. The Morgan fingerprint density at radius 3 is 2.71 bits per heavy atom. The molecule has 0 aliphatic rings. The van der Waals surface area contributed by atoms with Crippen molar-refractivity contribution in [3.05, 3.63) is 34.9 Å². The van der Waals surface area contributed by atoms with E-state index in [1.807, 2.05) is 0 Å². The molecule has 4 heteroatoms. The van der Waals surface area contributed by atoms with Crippen molar-refractivity contribution in [2.24, 2.45) is 0 Å². The van der Waals surface area contributed by atoms with Gasteiger partial charge in [0, 0.05) is 5.02 Å². The maximum atomic E-state index is 11.3. The molecule has 0 amide bonds. The van der Waals surface area contributed by atoms with Crippen molar-refractivity contribution in [1.82, 2.24) is 0 Å². The molecule has 0 bridgehead atoms. The predicted molar refractivity (Wildman–Crippen MR) is 56.7 cm³/mol. The summed E-state index contributed by atoms with van der Waals surface area (Å²) in [7, 11) is 0. The Morgan fingerprint density at radius 1 is 1.50 bits per heavy atom. The lowest BCUT2D eigenvalue weighted by molar-refractivity contribution is -0.142. The lowest BCUT2D eigenvalue weighted by Gasteiger charge is -2.09. The van der Waals surface area contributed by atoms with E-state index < -0.39 is 11.3 Å². The molecule has 0 spiro atoms. The van der Waals surface area contributed by atoms with Gasteiger partial charge in [0.05, 0.1) is 6.61 Å². The van der Waals surface area contributed by atoms with Crippen molar-refractivity contribution < 1.29 is 9.53 Å². The topological polar surface area (TPSA) is 26.3 Å². The van der Waals surface area contributed by atoms with Gasteiger partial charge in [-0.25, -0.2) is 0 Å². The number of hydrogen-bond acceptors (Lipinski definition) is 2. The third-order valence-electron chi connectivity index (χ3n) is 1.67. The molecular formula is C10H10Cl2O2. The van der Waals surface area contributed by atoms with E-state index in [0.717, 1.165) is 0 Å². The Hall–Kier alpha value is -0.730. The molecule has 0 heterocycles. The highest BCUT2D eigenvalue weighted by atomic mass is 35.5. The van der Waals surface area contributed by atoms with E-state index in [1.54, 1.807) is 31.2 Å². The first-order valence-corrected chi connectivity index (χ1v) is 5.03. The molecule has 0 N–H and O–H groups in total. The van der Waals surface area contributed by atoms with Gasteiger partial charge in [0.25, 0.3) is 0 Å². The van der Waals surface area contributed by atoms with Gasteiger partial charge in [-0.1, -0.05) is 29.8 Å². The fourth-order valence-electron chi connectivity index (χ4n) is 1.02. The van der Waals surface area contributed by atoms with Crippen LogP contribution in [0.1, 0.15) is 17.9 Å². The molecule has 0 aliphatic heterocycles. The summed E-state index contributed by atoms with van der Waals surface area (Å²) in [5.74, 6) is -0.470. The third-order valence-corrected chi connectivity index (χ3v) is 2.43. The normalized spacial score (nSPS) is 12.2. The van der Waals surface area contributed by atoms with E-state index in [-0.39, 0.29) is 0 Å². The number of hydrogen-bond donors (Lipinski definition) is 0. The first-order chi connectivity index (χ1) is 6.66. The zero-order chi connectivity index (χ0) is 10.6. The molecule has 0 unspecified atom stereocenters. The summed E-state index contributed by atoms with van der Waals surface area (Å²) < 4.78 is 4.78. The summed E-state index contributed by atoms with van der Waals surface area (Å²) in [6, 6.07) is 6.94. The van der Waals surface area contributed by atoms with E-state index in [2.05, 4.69) is 0 Å². The van der Waals surface area contributed by atoms with Crippen LogP contribution in [-0.4, -0.2) is 12.6 Å². The number of benzene rings is 1. The average molecular weight is 233 g/mol. The van der Waals surface area contributed by atoms with Crippen LogP contribution in [0.5, 0.6) is 0 Å². The molecule has 0 aliphatic carbocycles. The molecule has 2 nitrogen and oxygen atoms in total. The van der Waals surface area contributed by atoms with Gasteiger partial charge in [0.15, 0.2) is 5.38 Å². The quantitative estimate of drug-likeness (QED) is 0.592. The van der Waals surface area contributed by atoms with Crippen molar-refractivity contribution in [3.63, 3.8) is 0 Å². The van der Waals surface area contributed by atoms with Crippen LogP contribution in [0.25, 0.3) is 0 Å². The van der Waals surface area contributed by atoms with Crippen LogP contribution in [0.2, 0.25) is 5.02 Å². The van der Waals surface area contributed by atoms with Crippen LogP contribution >= 0.6 is 23.2 Å². The van der Waals surface area contributed by atoms with E-state index in [0.29, 0.717) is 17.2 Å². The van der Waals surface area contributed by atoms with E-state index in [9.17, 15) is 4.79 Å². The minimum Gasteiger partial charge on any atom is -0.465 e. The second-order valence-corrected chi connectivity index (χ2v) is 3.48. The van der Waals surface area contributed by atoms with Gasteiger partial charge in [-0.15, -0.1) is 11.6 Å². The molecule has 0 aromatic heterocycles. The number of rotatable bonds is 3. The van der Waals surface area contributed by atoms with Crippen LogP contribution < -0.4 is 0 Å². The van der Waals surface area contributed by atoms with Gasteiger partial charge < -0.3 is 4.74 Å². The van der Waals surface area contributed by atoms with Crippen molar-refractivity contribution in [2.75, 3.05) is 6.61 Å². The lowest BCUT2D eigenvalue weighted by atomic mass is 10.1. The van der Waals surface area contributed by atoms with Crippen LogP contribution in [0.3, 0.4) is 0 Å². The van der Waals surface area contributed by atoms with Gasteiger partial charge in [-0.05, 0) is 18.6 Å². The summed E-state index contributed by atoms with van der Waals surface area (Å²) in [5, 5.41) is -0.357. The van der Waals surface area contributed by atoms with E-state index in [1.165, 1.54) is 0 Å². The van der Waals surface area contributed by atoms with Gasteiger partial charge >= 0.3 is 5.97 Å². The van der Waals surface area contributed by atoms with Gasteiger partial charge in [0.1, 0.15) is 0 Å². The zero-order valence-electron chi connectivity index (χ0n) is 7.67. The molecule has 76 valence electrons. The van der Waals surface area contributed by atoms with E-state index >= 15 is 0 Å². The SMILES string of the molecule is CCOC(=O)[C@@H](Cl)c1ccccc1Cl. The number of carbonyl (C=O) groups excluding carboxylic acids is 1. The second-order valence-electron chi connectivity index (χ2n) is 2.64. The first-order valence-electron chi connectivity index (χ1n) is 4.22. The number of esters is 1. The Kier molecular flexibility index (Phi) is 4.23. The smallest absolute Gasteiger partial charge is 0.328 e. The van der Waals surface area contributed by atoms with Crippen LogP contribution in [0.4, 0.5) is 0 Å². The summed E-state index contributed by atoms with van der Waals surface area (Å²) in [5.41, 5.74) is 0.578. The van der Waals surface area contributed by atoms with Crippen LogP contribution in [-0.2, 0) is 9.53 Å². The van der Waals surface area contributed by atoms with Gasteiger partial charge in [0.2, 0.25) is 0 Å². The fraction of sp³-hybridized carbons (Fsp3) is 0.300. The molecule has 1 aromatic rings.